The molecular weight excluding hydrogens is 726 g/mol. The number of carbonyl (C=O) groups is 4. The maximum atomic E-state index is 14.4. The Morgan fingerprint density at radius 3 is 2.39 bits per heavy atom. The van der Waals surface area contributed by atoms with Gasteiger partial charge in [0.25, 0.3) is 0 Å². The van der Waals surface area contributed by atoms with Crippen molar-refractivity contribution in [2.24, 2.45) is 16.7 Å². The van der Waals surface area contributed by atoms with Crippen LogP contribution in [0.1, 0.15) is 97.9 Å². The average molecular weight is 782 g/mol. The number of ether oxygens (including phenoxy) is 7. The topological polar surface area (TPSA) is 185 Å². The van der Waals surface area contributed by atoms with E-state index in [1.165, 1.54) is 6.92 Å². The number of hydrogen-bond acceptors (Lipinski definition) is 13. The van der Waals surface area contributed by atoms with E-state index in [2.05, 4.69) is 11.9 Å². The molecule has 3 N–H and O–H groups in total. The van der Waals surface area contributed by atoms with Crippen molar-refractivity contribution in [3.8, 4) is 0 Å². The summed E-state index contributed by atoms with van der Waals surface area (Å²) in [6, 6.07) is 7.39. The van der Waals surface area contributed by atoms with Crippen LogP contribution in [-0.4, -0.2) is 106 Å². The van der Waals surface area contributed by atoms with Gasteiger partial charge in [-0.05, 0) is 76.3 Å². The van der Waals surface area contributed by atoms with Crippen LogP contribution in [0.5, 0.6) is 0 Å². The molecule has 306 valence electrons. The molecule has 7 rings (SSSR count). The normalized spacial score (nSPS) is 40.3. The summed E-state index contributed by atoms with van der Waals surface area (Å²) in [6.07, 6.45) is -4.13. The van der Waals surface area contributed by atoms with Gasteiger partial charge < -0.3 is 48.7 Å². The number of aliphatic hydroxyl groups excluding tert-OH is 1. The largest absolute Gasteiger partial charge is 0.456 e. The van der Waals surface area contributed by atoms with Gasteiger partial charge in [0.2, 0.25) is 0 Å². The Balaban J connectivity index is 1.37. The predicted molar refractivity (Wildman–Crippen MR) is 198 cm³/mol. The number of carbonyl (C=O) groups excluding carboxylic acids is 4. The molecule has 1 aromatic rings. The molecular formula is C42H55NO13. The van der Waals surface area contributed by atoms with Gasteiger partial charge in [-0.2, -0.15) is 0 Å². The first kappa shape index (κ1) is 40.4. The smallest absolute Gasteiger partial charge is 0.407 e. The minimum Gasteiger partial charge on any atom is -0.456 e. The van der Waals surface area contributed by atoms with Crippen LogP contribution >= 0.6 is 0 Å². The van der Waals surface area contributed by atoms with Crippen molar-refractivity contribution in [1.82, 2.24) is 5.32 Å². The molecule has 0 aromatic heterocycles. The fourth-order valence-electron chi connectivity index (χ4n) is 11.2. The maximum absolute atomic E-state index is 14.4. The van der Waals surface area contributed by atoms with Gasteiger partial charge in [-0.15, -0.1) is 0 Å². The Kier molecular flexibility index (Phi) is 9.84. The Hall–Kier alpha value is -3.82. The first-order valence-corrected chi connectivity index (χ1v) is 19.5. The molecule has 14 nitrogen and oxygen atoms in total. The number of amides is 1. The van der Waals surface area contributed by atoms with Gasteiger partial charge in [0.1, 0.15) is 29.5 Å². The van der Waals surface area contributed by atoms with Gasteiger partial charge in [-0.1, -0.05) is 45.5 Å². The number of alkyl carbamates (subject to hydrolysis) is 1. The quantitative estimate of drug-likeness (QED) is 0.182. The van der Waals surface area contributed by atoms with Crippen LogP contribution in [0.4, 0.5) is 4.79 Å². The lowest BCUT2D eigenvalue weighted by Gasteiger charge is -2.78. The second-order valence-corrected chi connectivity index (χ2v) is 17.9. The molecule has 4 bridgehead atoms. The zero-order valence-corrected chi connectivity index (χ0v) is 33.4. The highest BCUT2D eigenvalue weighted by atomic mass is 16.7. The summed E-state index contributed by atoms with van der Waals surface area (Å²) in [5.74, 6) is -3.18. The lowest BCUT2D eigenvalue weighted by atomic mass is 9.32. The van der Waals surface area contributed by atoms with Crippen LogP contribution in [0.25, 0.3) is 0 Å². The summed E-state index contributed by atoms with van der Waals surface area (Å²) in [4.78, 5) is 53.9. The molecule has 1 unspecified atom stereocenters. The molecule has 5 fully saturated rings. The van der Waals surface area contributed by atoms with Gasteiger partial charge in [0.15, 0.2) is 23.6 Å². The molecule has 1 aromatic carbocycles. The number of esters is 3. The van der Waals surface area contributed by atoms with E-state index in [9.17, 15) is 29.4 Å². The lowest BCUT2D eigenvalue weighted by Crippen LogP contribution is -2.90. The fourth-order valence-corrected chi connectivity index (χ4v) is 11.2. The van der Waals surface area contributed by atoms with Crippen LogP contribution in [0, 0.1) is 16.7 Å². The van der Waals surface area contributed by atoms with Crippen LogP contribution in [0.3, 0.4) is 0 Å². The summed E-state index contributed by atoms with van der Waals surface area (Å²) in [7, 11) is 0. The van der Waals surface area contributed by atoms with Gasteiger partial charge in [0, 0.05) is 30.6 Å². The third-order valence-corrected chi connectivity index (χ3v) is 13.4. The number of nitrogens with one attached hydrogen (secondary N) is 1. The monoisotopic (exact) mass is 781 g/mol. The molecule has 14 heteroatoms. The van der Waals surface area contributed by atoms with Crippen molar-refractivity contribution in [2.75, 3.05) is 6.61 Å². The standard InChI is InChI=1S/C42H55NO13/c1-10-25(43-36(48)56-37(5,6)7)30(45)34(47)51-26-19-42(49)39(9)20-41(42,55-33(46)24-15-13-12-14-16-24)35-38(8,18-17-27-40(35,21-50-27)54-23(4)44)32-31(29(39)22(26)3)52-28(11-2)53-32/h11-16,25-28,30-32,35,45,49H,2,10,17-21H2,1,3-9H3,(H,43,48)/t25-,26-,27+,28+,30+,31+,32+,35-,38-,39?,40-,41+,42-/m0/s1. The molecule has 4 aliphatic carbocycles. The van der Waals surface area contributed by atoms with E-state index >= 15 is 0 Å². The Bertz CT molecular complexity index is 1830. The van der Waals surface area contributed by atoms with Crippen LogP contribution in [-0.2, 0) is 42.7 Å². The molecule has 0 spiro atoms. The summed E-state index contributed by atoms with van der Waals surface area (Å²) in [5, 5.41) is 27.6. The zero-order valence-electron chi connectivity index (χ0n) is 33.4. The van der Waals surface area contributed by atoms with E-state index in [1.807, 2.05) is 13.8 Å². The third kappa shape index (κ3) is 5.84. The molecule has 3 saturated carbocycles. The highest BCUT2D eigenvalue weighted by Crippen LogP contribution is 2.78. The minimum absolute atomic E-state index is 0.00650. The van der Waals surface area contributed by atoms with Crippen molar-refractivity contribution < 1.29 is 62.5 Å². The van der Waals surface area contributed by atoms with Crippen molar-refractivity contribution in [3.63, 3.8) is 0 Å². The molecule has 13 atom stereocenters. The summed E-state index contributed by atoms with van der Waals surface area (Å²) in [6.45, 7) is 17.7. The van der Waals surface area contributed by atoms with Crippen molar-refractivity contribution in [2.45, 2.75) is 153 Å². The SMILES string of the molecule is C=C[C@@H]1O[C@@H]2C3=C(C)[C@@H](OC(=O)[C@H](O)[C@H](CC)NC(=O)OC(C)(C)C)C[C@]4(O)C3(C)C[C@@]4(OC(=O)c3ccccc3)[C@H]3[C@@](C)(CC[C@H]4OC[C@]43OC(C)=O)[C@@H]2O1. The Morgan fingerprint density at radius 2 is 1.80 bits per heavy atom. The molecule has 6 aliphatic rings. The predicted octanol–water partition coefficient (Wildman–Crippen LogP) is 4.45. The number of rotatable bonds is 9. The van der Waals surface area contributed by atoms with Crippen molar-refractivity contribution in [3.05, 3.63) is 59.7 Å². The van der Waals surface area contributed by atoms with Crippen LogP contribution in [0.2, 0.25) is 0 Å². The minimum atomic E-state index is -1.95. The molecule has 1 amide bonds. The van der Waals surface area contributed by atoms with Gasteiger partial charge in [-0.3, -0.25) is 4.79 Å². The Labute approximate surface area is 327 Å². The van der Waals surface area contributed by atoms with E-state index in [0.717, 1.165) is 0 Å². The summed E-state index contributed by atoms with van der Waals surface area (Å²) < 4.78 is 44.0. The molecule has 2 aliphatic heterocycles. The van der Waals surface area contributed by atoms with Gasteiger partial charge >= 0.3 is 24.0 Å². The van der Waals surface area contributed by atoms with Crippen LogP contribution in [0.15, 0.2) is 54.1 Å². The highest BCUT2D eigenvalue weighted by Gasteiger charge is 2.88. The zero-order chi connectivity index (χ0) is 40.8. The molecule has 56 heavy (non-hydrogen) atoms. The first-order chi connectivity index (χ1) is 26.2. The fraction of sp³-hybridized carbons (Fsp3) is 0.667. The number of benzene rings is 1. The Morgan fingerprint density at radius 1 is 1.11 bits per heavy atom. The number of hydrogen-bond donors (Lipinski definition) is 3. The van der Waals surface area contributed by atoms with Gasteiger partial charge in [0.05, 0.1) is 30.2 Å². The molecule has 2 saturated heterocycles. The van der Waals surface area contributed by atoms with Gasteiger partial charge in [-0.25, -0.2) is 14.4 Å². The number of aliphatic hydroxyl groups is 2. The lowest BCUT2D eigenvalue weighted by molar-refractivity contribution is -0.407. The van der Waals surface area contributed by atoms with Crippen molar-refractivity contribution in [1.29, 1.82) is 0 Å². The van der Waals surface area contributed by atoms with Crippen molar-refractivity contribution >= 4 is 24.0 Å². The molecule has 0 radical (unpaired) electrons. The first-order valence-electron chi connectivity index (χ1n) is 19.5. The molecule has 2 heterocycles. The second kappa shape index (κ2) is 13.6. The number of fused-ring (bicyclic) bond motifs is 7. The van der Waals surface area contributed by atoms with Crippen LogP contribution < -0.4 is 5.32 Å². The second-order valence-electron chi connectivity index (χ2n) is 17.9. The summed E-state index contributed by atoms with van der Waals surface area (Å²) in [5.41, 5.74) is -6.44. The van der Waals surface area contributed by atoms with E-state index in [4.69, 9.17) is 33.2 Å². The highest BCUT2D eigenvalue weighted by molar-refractivity contribution is 5.90. The summed E-state index contributed by atoms with van der Waals surface area (Å²) >= 11 is 0. The van der Waals surface area contributed by atoms with E-state index in [1.54, 1.807) is 71.0 Å². The third-order valence-electron chi connectivity index (χ3n) is 13.4. The maximum Gasteiger partial charge on any atom is 0.407 e. The van der Waals surface area contributed by atoms with E-state index in [-0.39, 0.29) is 31.4 Å². The van der Waals surface area contributed by atoms with E-state index in [0.29, 0.717) is 24.0 Å². The van der Waals surface area contributed by atoms with E-state index < -0.39 is 106 Å². The average Bonchev–Trinajstić information content (AvgIpc) is 3.55.